The molecule has 2 heterocycles. The standard InChI is InChI=1S/C17H26N2OS/c1-14(15-5-3-2-4-6-15)19-9-7-16(11-19)18-12-17(20)8-10-21-13-17/h2-6,14,16,18,20H,7-13H2,1H3/t14-,16-,17-/m1/s1. The van der Waals surface area contributed by atoms with E-state index < -0.39 is 5.60 Å². The highest BCUT2D eigenvalue weighted by Gasteiger charge is 2.33. The number of thioether (sulfide) groups is 1. The van der Waals surface area contributed by atoms with Crippen LogP contribution >= 0.6 is 11.8 Å². The molecule has 21 heavy (non-hydrogen) atoms. The molecule has 0 bridgehead atoms. The Hall–Kier alpha value is -0.550. The molecule has 0 radical (unpaired) electrons. The van der Waals surface area contributed by atoms with Crippen LogP contribution in [0.3, 0.4) is 0 Å². The summed E-state index contributed by atoms with van der Waals surface area (Å²) < 4.78 is 0. The number of nitrogens with zero attached hydrogens (tertiary/aromatic N) is 1. The van der Waals surface area contributed by atoms with Crippen LogP contribution in [0, 0.1) is 0 Å². The van der Waals surface area contributed by atoms with Crippen LogP contribution in [0.1, 0.15) is 31.4 Å². The van der Waals surface area contributed by atoms with Crippen molar-refractivity contribution in [3.8, 4) is 0 Å². The lowest BCUT2D eigenvalue weighted by Crippen LogP contribution is -2.45. The largest absolute Gasteiger partial charge is 0.388 e. The average molecular weight is 306 g/mol. The Bertz CT molecular complexity index is 447. The first-order valence-corrected chi connectivity index (χ1v) is 9.14. The minimum absolute atomic E-state index is 0.469. The molecule has 0 amide bonds. The monoisotopic (exact) mass is 306 g/mol. The lowest BCUT2D eigenvalue weighted by Gasteiger charge is -2.26. The van der Waals surface area contributed by atoms with Gasteiger partial charge in [-0.2, -0.15) is 11.8 Å². The summed E-state index contributed by atoms with van der Waals surface area (Å²) in [5, 5.41) is 14.0. The molecular weight excluding hydrogens is 280 g/mol. The van der Waals surface area contributed by atoms with Crippen molar-refractivity contribution in [3.63, 3.8) is 0 Å². The summed E-state index contributed by atoms with van der Waals surface area (Å²) in [6.07, 6.45) is 2.11. The third-order valence-electron chi connectivity index (χ3n) is 4.85. The van der Waals surface area contributed by atoms with E-state index in [0.29, 0.717) is 12.1 Å². The first-order chi connectivity index (χ1) is 10.2. The van der Waals surface area contributed by atoms with Crippen molar-refractivity contribution in [2.24, 2.45) is 0 Å². The van der Waals surface area contributed by atoms with E-state index in [-0.39, 0.29) is 0 Å². The van der Waals surface area contributed by atoms with E-state index in [1.165, 1.54) is 12.0 Å². The first kappa shape index (κ1) is 15.3. The van der Waals surface area contributed by atoms with Gasteiger partial charge in [-0.05, 0) is 31.1 Å². The maximum absolute atomic E-state index is 10.4. The van der Waals surface area contributed by atoms with Crippen LogP contribution in [0.2, 0.25) is 0 Å². The Kier molecular flexibility index (Phi) is 4.89. The van der Waals surface area contributed by atoms with Gasteiger partial charge in [-0.3, -0.25) is 4.90 Å². The number of hydrogen-bond donors (Lipinski definition) is 2. The molecule has 0 unspecified atom stereocenters. The molecule has 0 aliphatic carbocycles. The number of benzene rings is 1. The summed E-state index contributed by atoms with van der Waals surface area (Å²) in [5.74, 6) is 1.98. The van der Waals surface area contributed by atoms with E-state index in [4.69, 9.17) is 0 Å². The van der Waals surface area contributed by atoms with Crippen molar-refractivity contribution in [2.45, 2.75) is 37.5 Å². The molecule has 2 aliphatic rings. The zero-order valence-corrected chi connectivity index (χ0v) is 13.6. The van der Waals surface area contributed by atoms with Gasteiger partial charge in [0.1, 0.15) is 0 Å². The molecule has 2 N–H and O–H groups in total. The summed E-state index contributed by atoms with van der Waals surface area (Å²) in [6.45, 7) is 5.26. The smallest absolute Gasteiger partial charge is 0.0869 e. The van der Waals surface area contributed by atoms with E-state index in [1.807, 2.05) is 11.8 Å². The molecule has 116 valence electrons. The van der Waals surface area contributed by atoms with Gasteiger partial charge in [0.25, 0.3) is 0 Å². The van der Waals surface area contributed by atoms with Crippen molar-refractivity contribution in [1.82, 2.24) is 10.2 Å². The lowest BCUT2D eigenvalue weighted by molar-refractivity contribution is 0.0646. The van der Waals surface area contributed by atoms with Gasteiger partial charge in [-0.15, -0.1) is 0 Å². The van der Waals surface area contributed by atoms with Crippen molar-refractivity contribution in [3.05, 3.63) is 35.9 Å². The summed E-state index contributed by atoms with van der Waals surface area (Å²) >= 11 is 1.87. The van der Waals surface area contributed by atoms with Crippen LogP contribution < -0.4 is 5.32 Å². The third-order valence-corrected chi connectivity index (χ3v) is 6.09. The fraction of sp³-hybridized carbons (Fsp3) is 0.647. The fourth-order valence-corrected chi connectivity index (χ4v) is 4.61. The van der Waals surface area contributed by atoms with Crippen LogP contribution in [-0.4, -0.2) is 52.8 Å². The molecular formula is C17H26N2OS. The topological polar surface area (TPSA) is 35.5 Å². The Balaban J connectivity index is 1.49. The summed E-state index contributed by atoms with van der Waals surface area (Å²) in [5.41, 5.74) is 0.923. The van der Waals surface area contributed by atoms with E-state index >= 15 is 0 Å². The zero-order valence-electron chi connectivity index (χ0n) is 12.8. The number of nitrogens with one attached hydrogen (secondary N) is 1. The first-order valence-electron chi connectivity index (χ1n) is 7.99. The van der Waals surface area contributed by atoms with Gasteiger partial charge < -0.3 is 10.4 Å². The molecule has 0 aromatic heterocycles. The van der Waals surface area contributed by atoms with Crippen LogP contribution in [-0.2, 0) is 0 Å². The maximum Gasteiger partial charge on any atom is 0.0869 e. The maximum atomic E-state index is 10.4. The number of hydrogen-bond acceptors (Lipinski definition) is 4. The average Bonchev–Trinajstić information content (AvgIpc) is 3.15. The van der Waals surface area contributed by atoms with Crippen LogP contribution in [0.5, 0.6) is 0 Å². The highest BCUT2D eigenvalue weighted by Crippen LogP contribution is 2.28. The molecule has 3 nitrogen and oxygen atoms in total. The van der Waals surface area contributed by atoms with E-state index in [2.05, 4.69) is 47.5 Å². The molecule has 1 aromatic rings. The second-order valence-electron chi connectivity index (χ2n) is 6.48. The quantitative estimate of drug-likeness (QED) is 0.875. The van der Waals surface area contributed by atoms with Gasteiger partial charge >= 0.3 is 0 Å². The van der Waals surface area contributed by atoms with Gasteiger partial charge in [-0.25, -0.2) is 0 Å². The van der Waals surface area contributed by atoms with Crippen molar-refractivity contribution < 1.29 is 5.11 Å². The van der Waals surface area contributed by atoms with E-state index in [9.17, 15) is 5.11 Å². The fourth-order valence-electron chi connectivity index (χ4n) is 3.32. The highest BCUT2D eigenvalue weighted by atomic mass is 32.2. The van der Waals surface area contributed by atoms with Crippen LogP contribution in [0.4, 0.5) is 0 Å². The van der Waals surface area contributed by atoms with Crippen LogP contribution in [0.25, 0.3) is 0 Å². The predicted octanol–water partition coefficient (Wildman–Crippen LogP) is 2.28. The SMILES string of the molecule is C[C@H](c1ccccc1)N1CC[C@@H](NC[C@]2(O)CCSC2)C1. The highest BCUT2D eigenvalue weighted by molar-refractivity contribution is 7.99. The minimum atomic E-state index is -0.469. The second kappa shape index (κ2) is 6.69. The molecule has 2 fully saturated rings. The van der Waals surface area contributed by atoms with Gasteiger partial charge in [0.15, 0.2) is 0 Å². The van der Waals surface area contributed by atoms with Crippen molar-refractivity contribution in [1.29, 1.82) is 0 Å². The van der Waals surface area contributed by atoms with Gasteiger partial charge in [0.2, 0.25) is 0 Å². The Morgan fingerprint density at radius 3 is 2.95 bits per heavy atom. The van der Waals surface area contributed by atoms with Crippen molar-refractivity contribution in [2.75, 3.05) is 31.1 Å². The van der Waals surface area contributed by atoms with Crippen molar-refractivity contribution >= 4 is 11.8 Å². The van der Waals surface area contributed by atoms with Crippen LogP contribution in [0.15, 0.2) is 30.3 Å². The number of aliphatic hydroxyl groups is 1. The molecule has 3 atom stereocenters. The number of rotatable bonds is 5. The normalized spacial score (nSPS) is 31.6. The minimum Gasteiger partial charge on any atom is -0.388 e. The molecule has 2 aliphatic heterocycles. The molecule has 0 spiro atoms. The Labute approximate surface area is 132 Å². The summed E-state index contributed by atoms with van der Waals surface area (Å²) in [6, 6.07) is 11.7. The van der Waals surface area contributed by atoms with Gasteiger partial charge in [-0.1, -0.05) is 30.3 Å². The third kappa shape index (κ3) is 3.81. The number of likely N-dealkylation sites (tertiary alicyclic amines) is 1. The molecule has 1 aromatic carbocycles. The summed E-state index contributed by atoms with van der Waals surface area (Å²) in [7, 11) is 0. The molecule has 2 saturated heterocycles. The Morgan fingerprint density at radius 2 is 2.24 bits per heavy atom. The molecule has 4 heteroatoms. The zero-order chi connectivity index (χ0) is 14.7. The predicted molar refractivity (Wildman–Crippen MR) is 89.7 cm³/mol. The molecule has 3 rings (SSSR count). The van der Waals surface area contributed by atoms with E-state index in [1.54, 1.807) is 0 Å². The second-order valence-corrected chi connectivity index (χ2v) is 7.58. The lowest BCUT2D eigenvalue weighted by atomic mass is 10.0. The summed E-state index contributed by atoms with van der Waals surface area (Å²) in [4.78, 5) is 2.54. The van der Waals surface area contributed by atoms with Gasteiger partial charge in [0, 0.05) is 37.5 Å². The Morgan fingerprint density at radius 1 is 1.43 bits per heavy atom. The van der Waals surface area contributed by atoms with E-state index in [0.717, 1.165) is 37.6 Å². The van der Waals surface area contributed by atoms with Gasteiger partial charge in [0.05, 0.1) is 5.60 Å². The molecule has 0 saturated carbocycles.